The molecule has 0 aliphatic heterocycles. The summed E-state index contributed by atoms with van der Waals surface area (Å²) in [5.74, 6) is -76.7. The van der Waals surface area contributed by atoms with Crippen molar-refractivity contribution in [1.82, 2.24) is 0 Å². The van der Waals surface area contributed by atoms with E-state index in [1.54, 1.807) is 0 Å². The van der Waals surface area contributed by atoms with Gasteiger partial charge in [0.1, 0.15) is 0 Å². The van der Waals surface area contributed by atoms with Gasteiger partial charge >= 0.3 is 125 Å². The van der Waals surface area contributed by atoms with Crippen molar-refractivity contribution < 1.29 is 394 Å². The van der Waals surface area contributed by atoms with E-state index in [1.165, 1.54) is 0 Å². The van der Waals surface area contributed by atoms with Crippen LogP contribution < -0.4 is 81.7 Å². The van der Waals surface area contributed by atoms with E-state index in [-0.39, 0.29) is 29.7 Å². The quantitative estimate of drug-likeness (QED) is 0.0199. The zero-order valence-electron chi connectivity index (χ0n) is 70.6. The molecule has 16 N–H and O–H groups in total. The van der Waals surface area contributed by atoms with Crippen molar-refractivity contribution >= 4 is 284 Å². The molecule has 80 heteroatoms. The van der Waals surface area contributed by atoms with E-state index in [9.17, 15) is 312 Å². The van der Waals surface area contributed by atoms with Crippen LogP contribution in [-0.2, 0) is 230 Å². The molecule has 0 bridgehead atoms. The molecule has 0 atom stereocenters. The number of ketones is 16. The predicted octanol–water partition coefficient (Wildman–Crippen LogP) is -35.2. The number of Topliss-reactive ketones (excluding diaryl/α,β-unsaturated/α-hetero) is 16. The molecular formula is C68H48O80. The Balaban J connectivity index is -0.0000000655. The van der Waals surface area contributed by atoms with E-state index in [1.807, 2.05) is 0 Å². The van der Waals surface area contributed by atoms with Gasteiger partial charge in [0.05, 0.1) is 103 Å². The molecule has 0 amide bonds. The first kappa shape index (κ1) is 175. The fourth-order valence-electron chi connectivity index (χ4n) is 3.31. The Morgan fingerprint density at radius 2 is 0.115 bits per heavy atom. The van der Waals surface area contributed by atoms with E-state index in [0.717, 1.165) is 0 Å². The molecule has 0 aromatic rings. The van der Waals surface area contributed by atoms with Crippen molar-refractivity contribution in [2.45, 2.75) is 103 Å². The Hall–Kier alpha value is -22.2. The van der Waals surface area contributed by atoms with Crippen LogP contribution in [0.3, 0.4) is 0 Å². The normalized spacial score (nSPS) is 8.22. The largest absolute Gasteiger partial charge is 4.00 e. The monoisotopic (exact) mass is 2140 g/mol. The van der Waals surface area contributed by atoms with Gasteiger partial charge in [-0.3, -0.25) is 76.7 Å². The van der Waals surface area contributed by atoms with Crippen LogP contribution in [0, 0.1) is 29.7 Å². The molecule has 0 radical (unpaired) electrons. The van der Waals surface area contributed by atoms with Crippen molar-refractivity contribution in [1.29, 1.82) is 0 Å². The van der Waals surface area contributed by atoms with Gasteiger partial charge in [-0.1, -0.05) is 0 Å². The summed E-state index contributed by atoms with van der Waals surface area (Å²) in [4.78, 5) is 465. The predicted molar refractivity (Wildman–Crippen MR) is 369 cm³/mol. The van der Waals surface area contributed by atoms with Crippen molar-refractivity contribution in [3.63, 3.8) is 0 Å². The van der Waals surface area contributed by atoms with Crippen LogP contribution >= 0.6 is 0 Å². The van der Waals surface area contributed by atoms with Gasteiger partial charge in [-0.05, 0) is 0 Å². The molecule has 0 saturated heterocycles. The van der Waals surface area contributed by atoms with Crippen molar-refractivity contribution in [2.24, 2.45) is 0 Å². The zero-order valence-corrected chi connectivity index (χ0v) is 70.6. The van der Waals surface area contributed by atoms with Gasteiger partial charge in [0.2, 0.25) is 92.5 Å². The SMILES string of the molecule is O=C([O-])CC(=O)C(=O)O.O=C([O-])CC(=O)C(=O)O.O=C([O-])CC(=O)C(=O)O.O=C([O-])CC(=O)C(=O)O.O=C([O-])CC(=O)C(=O)O.O=C([O-])CC(=O)C(=O)O.O=C([O-])CC(=O)C(=O)O.O=C([O-])CC(=O)C(=O)O.O=C([O-])CC(=O)C(=O)O.O=C([O-])CC(=O)C(=O)O.O=C([O-])CC(=O)C(=O)O.O=C([O-])CC(=O)C(=O)O.O=C([O-])CC(=O)C(=O)O.O=C([O-])CC(=O)C(=O)O.O=C([O-])CC(=O)C(=O)O.O=C([O-])CC(=O)C(=O)O.[C+4].[C+4].[C+4].[C+4]. The van der Waals surface area contributed by atoms with Gasteiger partial charge in [0.25, 0.3) is 0 Å². The van der Waals surface area contributed by atoms with E-state index in [2.05, 4.69) is 0 Å². The maximum Gasteiger partial charge on any atom is 4.00 e. The van der Waals surface area contributed by atoms with Gasteiger partial charge < -0.3 is 240 Å². The minimum atomic E-state index is -1.75. The topological polar surface area (TPSA) is 1510 Å². The van der Waals surface area contributed by atoms with Gasteiger partial charge in [0.15, 0.2) is 0 Å². The molecule has 0 saturated carbocycles. The minimum Gasteiger partial charge on any atom is -0.550 e. The second kappa shape index (κ2) is 101. The number of hydrogen-bond donors (Lipinski definition) is 16. The molecule has 0 fully saturated rings. The van der Waals surface area contributed by atoms with Gasteiger partial charge in [-0.25, -0.2) is 76.7 Å². The number of hydrogen-bond acceptors (Lipinski definition) is 64. The molecule has 0 aliphatic carbocycles. The average Bonchev–Trinajstić information content (AvgIpc) is 1.12. The number of carboxylic acids is 32. The van der Waals surface area contributed by atoms with Crippen LogP contribution in [0.2, 0.25) is 0 Å². The molecule has 0 rings (SSSR count). The molecule has 148 heavy (non-hydrogen) atoms. The molecular weight excluding hydrogens is 2100 g/mol. The first-order valence-corrected chi connectivity index (χ1v) is 32.0. The van der Waals surface area contributed by atoms with Crippen molar-refractivity contribution in [3.05, 3.63) is 29.7 Å². The van der Waals surface area contributed by atoms with E-state index < -0.39 is 386 Å². The van der Waals surface area contributed by atoms with Gasteiger partial charge in [-0.2, -0.15) is 0 Å². The number of aliphatic carboxylic acids is 32. The second-order valence-corrected chi connectivity index (χ2v) is 20.4. The van der Waals surface area contributed by atoms with Crippen LogP contribution in [0.5, 0.6) is 0 Å². The molecule has 0 aromatic heterocycles. The Morgan fingerprint density at radius 1 is 0.0878 bits per heavy atom. The van der Waals surface area contributed by atoms with Crippen LogP contribution in [0.1, 0.15) is 103 Å². The fraction of sp³-hybridized carbons (Fsp3) is 0.235. The molecule has 80 nitrogen and oxygen atoms in total. The summed E-state index contributed by atoms with van der Waals surface area (Å²) in [6.45, 7) is 0. The van der Waals surface area contributed by atoms with E-state index in [0.29, 0.717) is 0 Å². The summed E-state index contributed by atoms with van der Waals surface area (Å²) in [5, 5.41) is 277. The summed E-state index contributed by atoms with van der Waals surface area (Å²) in [6, 6.07) is 0. The fourth-order valence-corrected chi connectivity index (χ4v) is 3.31. The maximum absolute atomic E-state index is 9.93. The first-order chi connectivity index (χ1) is 64.6. The van der Waals surface area contributed by atoms with Gasteiger partial charge in [0, 0.05) is 95.5 Å². The Kier molecular flexibility index (Phi) is 119. The Bertz CT molecular complexity index is 3750. The average molecular weight is 2150 g/mol. The van der Waals surface area contributed by atoms with E-state index >= 15 is 0 Å². The Morgan fingerprint density at radius 3 is 0.122 bits per heavy atom. The molecule has 0 aromatic carbocycles. The maximum atomic E-state index is 9.93. The molecule has 0 heterocycles. The smallest absolute Gasteiger partial charge is 0.550 e. The van der Waals surface area contributed by atoms with E-state index in [4.69, 9.17) is 81.7 Å². The third kappa shape index (κ3) is 167. The standard InChI is InChI=1S/16C4H4O5.4C/c16*5-2(4(8)9)1-3(6)7;;;;/h16*1H2,(H,6,7)(H,8,9);;;;/q;;;;;;;;;;;;;;;;4*+4/p-16. The Labute approximate surface area is 807 Å². The number of carbonyl (C=O) groups excluding carboxylic acids is 32. The third-order valence-corrected chi connectivity index (χ3v) is 8.69. The first-order valence-electron chi connectivity index (χ1n) is 32.0. The number of carbonyl (C=O) groups is 48. The molecule has 0 aliphatic rings. The minimum absolute atomic E-state index is 0. The van der Waals surface area contributed by atoms with Crippen molar-refractivity contribution in [3.8, 4) is 0 Å². The number of carboxylic acid groups (broad SMARTS) is 32. The third-order valence-electron chi connectivity index (χ3n) is 8.69. The summed E-state index contributed by atoms with van der Waals surface area (Å²) >= 11 is 0. The zero-order chi connectivity index (χ0) is 119. The van der Waals surface area contributed by atoms with Crippen LogP contribution in [0.4, 0.5) is 0 Å². The summed E-state index contributed by atoms with van der Waals surface area (Å²) < 4.78 is 0. The van der Waals surface area contributed by atoms with Crippen LogP contribution in [-0.4, -0.2) is 365 Å². The number of rotatable bonds is 48. The summed E-state index contributed by atoms with van der Waals surface area (Å²) in [5.41, 5.74) is 0. The second-order valence-electron chi connectivity index (χ2n) is 20.4. The molecule has 0 spiro atoms. The molecule has 0 unspecified atom stereocenters. The summed E-state index contributed by atoms with van der Waals surface area (Å²) in [6.07, 6.45) is -17.0. The van der Waals surface area contributed by atoms with Crippen LogP contribution in [0.15, 0.2) is 0 Å². The van der Waals surface area contributed by atoms with Crippen LogP contribution in [0.25, 0.3) is 0 Å². The van der Waals surface area contributed by atoms with Gasteiger partial charge in [-0.15, -0.1) is 0 Å². The summed E-state index contributed by atoms with van der Waals surface area (Å²) in [7, 11) is 0. The van der Waals surface area contributed by atoms with Crippen molar-refractivity contribution in [2.75, 3.05) is 0 Å². The molecule has 800 valence electrons.